The van der Waals surface area contributed by atoms with Crippen molar-refractivity contribution in [2.45, 2.75) is 0 Å². The van der Waals surface area contributed by atoms with E-state index in [0.717, 1.165) is 0 Å². The van der Waals surface area contributed by atoms with Crippen LogP contribution in [0.3, 0.4) is 0 Å². The molecule has 0 atom stereocenters. The molecule has 0 amide bonds. The van der Waals surface area contributed by atoms with E-state index in [1.54, 1.807) is 0 Å². The van der Waals surface area contributed by atoms with Crippen molar-refractivity contribution in [2.75, 3.05) is 0 Å². The first-order valence-electron chi connectivity index (χ1n) is 6.60. The standard InChI is InChI=1S/C18H15P.BrH.Cu/c1-4-10-16(11-5-1)19(17-12-6-2-7-13-17)18-14-8-3-9-15-18;;/h1-15H;1H;/q;;+1. The molecule has 0 heterocycles. The summed E-state index contributed by atoms with van der Waals surface area (Å²) in [5, 5.41) is 4.31. The zero-order valence-corrected chi connectivity index (χ0v) is 14.9. The second kappa shape index (κ2) is 9.18. The summed E-state index contributed by atoms with van der Waals surface area (Å²) in [5.41, 5.74) is 0. The van der Waals surface area contributed by atoms with Gasteiger partial charge in [-0.2, -0.15) is 0 Å². The van der Waals surface area contributed by atoms with E-state index in [1.165, 1.54) is 15.9 Å². The fraction of sp³-hybridized carbons (Fsp3) is 0. The van der Waals surface area contributed by atoms with Gasteiger partial charge in [-0.3, -0.25) is 0 Å². The maximum absolute atomic E-state index is 4.00. The molecule has 0 bridgehead atoms. The normalized spacial score (nSPS) is 9.90. The van der Waals surface area contributed by atoms with Crippen molar-refractivity contribution >= 4 is 37.9 Å². The number of hydrogen-bond acceptors (Lipinski definition) is 0. The van der Waals surface area contributed by atoms with Crippen LogP contribution in [0.15, 0.2) is 91.0 Å². The molecular weight excluding hydrogens is 391 g/mol. The summed E-state index contributed by atoms with van der Waals surface area (Å²) in [6.07, 6.45) is 0. The van der Waals surface area contributed by atoms with Crippen molar-refractivity contribution in [3.63, 3.8) is 0 Å². The maximum Gasteiger partial charge on any atom is 0.102 e. The predicted octanol–water partition coefficient (Wildman–Crippen LogP) is 4.02. The molecule has 3 rings (SSSR count). The van der Waals surface area contributed by atoms with E-state index in [1.807, 2.05) is 0 Å². The van der Waals surface area contributed by atoms with E-state index >= 15 is 0 Å². The quantitative estimate of drug-likeness (QED) is 0.455. The van der Waals surface area contributed by atoms with Gasteiger partial charge in [0.1, 0.15) is 15.9 Å². The van der Waals surface area contributed by atoms with Crippen molar-refractivity contribution in [1.82, 2.24) is 0 Å². The fourth-order valence-electron chi connectivity index (χ4n) is 2.31. The molecule has 0 saturated carbocycles. The van der Waals surface area contributed by atoms with Gasteiger partial charge in [-0.05, 0) is 36.4 Å². The topological polar surface area (TPSA) is 0 Å². The summed E-state index contributed by atoms with van der Waals surface area (Å²) in [6.45, 7) is 0. The van der Waals surface area contributed by atoms with Gasteiger partial charge in [0.05, 0.1) is 7.92 Å². The van der Waals surface area contributed by atoms with E-state index in [4.69, 9.17) is 0 Å². The van der Waals surface area contributed by atoms with Crippen LogP contribution in [-0.2, 0) is 14.2 Å². The van der Waals surface area contributed by atoms with Gasteiger partial charge in [0, 0.05) is 0 Å². The molecule has 0 aliphatic rings. The average Bonchev–Trinajstić information content (AvgIpc) is 2.60. The molecule has 0 unspecified atom stereocenters. The Balaban J connectivity index is 0.000000774. The van der Waals surface area contributed by atoms with Crippen LogP contribution in [0.1, 0.15) is 0 Å². The predicted molar refractivity (Wildman–Crippen MR) is 95.5 cm³/mol. The Hall–Kier alpha value is -0.911. The van der Waals surface area contributed by atoms with E-state index in [9.17, 15) is 0 Å². The average molecular weight is 407 g/mol. The van der Waals surface area contributed by atoms with Gasteiger partial charge in [0.25, 0.3) is 0 Å². The summed E-state index contributed by atoms with van der Waals surface area (Å²) in [5.74, 6) is 0. The summed E-state index contributed by atoms with van der Waals surface area (Å²) < 4.78 is 0. The second-order valence-electron chi connectivity index (χ2n) is 4.47. The molecule has 3 aromatic carbocycles. The van der Waals surface area contributed by atoms with E-state index < -0.39 is 7.92 Å². The molecule has 21 heavy (non-hydrogen) atoms. The van der Waals surface area contributed by atoms with Crippen molar-refractivity contribution in [2.24, 2.45) is 0 Å². The first kappa shape index (κ1) is 16.5. The molecule has 3 heteroatoms. The van der Waals surface area contributed by atoms with Gasteiger partial charge in [-0.15, -0.1) is 0 Å². The zero-order chi connectivity index (χ0) is 14.9. The van der Waals surface area contributed by atoms with Crippen LogP contribution in [0.2, 0.25) is 0 Å². The largest absolute Gasteiger partial charge is 0.102 e. The van der Waals surface area contributed by atoms with E-state index in [-0.39, 0.29) is 0 Å². The molecule has 0 fully saturated rings. The minimum Gasteiger partial charge on any atom is -0.0620 e. The van der Waals surface area contributed by atoms with Crippen LogP contribution in [0, 0.1) is 0 Å². The third-order valence-electron chi connectivity index (χ3n) is 3.19. The smallest absolute Gasteiger partial charge is 0.0620 e. The number of benzene rings is 3. The molecular formula is C18H16BrCuP+. The third-order valence-corrected chi connectivity index (χ3v) is 5.92. The number of halogens is 1. The van der Waals surface area contributed by atoms with Crippen LogP contribution in [-0.4, -0.2) is 0 Å². The molecule has 0 N–H and O–H groups in total. The minimum atomic E-state index is -0.877. The van der Waals surface area contributed by atoms with Gasteiger partial charge < -0.3 is 0 Å². The molecule has 3 aromatic rings. The van der Waals surface area contributed by atoms with Gasteiger partial charge >= 0.3 is 28.3 Å². The van der Waals surface area contributed by atoms with Crippen LogP contribution in [0.25, 0.3) is 0 Å². The fourth-order valence-corrected chi connectivity index (χ4v) is 4.89. The van der Waals surface area contributed by atoms with Gasteiger partial charge in [-0.1, -0.05) is 54.6 Å². The molecule has 0 saturated heterocycles. The van der Waals surface area contributed by atoms with Gasteiger partial charge in [-0.25, -0.2) is 0 Å². The van der Waals surface area contributed by atoms with Crippen molar-refractivity contribution in [3.05, 3.63) is 91.0 Å². The van der Waals surface area contributed by atoms with Crippen molar-refractivity contribution < 1.29 is 14.2 Å². The molecule has 0 aliphatic heterocycles. The summed E-state index contributed by atoms with van der Waals surface area (Å²) in [6, 6.07) is 32.5. The summed E-state index contributed by atoms with van der Waals surface area (Å²) in [7, 11) is -0.877. The Morgan fingerprint density at radius 3 is 0.952 bits per heavy atom. The SMILES string of the molecule is [Cu][Br].c1ccc([PH+](c2ccccc2)c2ccccc2)cc1. The molecule has 0 aliphatic carbocycles. The second-order valence-corrected chi connectivity index (χ2v) is 6.96. The van der Waals surface area contributed by atoms with E-state index in [0.29, 0.717) is 0 Å². The van der Waals surface area contributed by atoms with E-state index in [2.05, 4.69) is 119 Å². The van der Waals surface area contributed by atoms with Crippen LogP contribution in [0.4, 0.5) is 0 Å². The van der Waals surface area contributed by atoms with Crippen molar-refractivity contribution in [1.29, 1.82) is 0 Å². The van der Waals surface area contributed by atoms with Crippen LogP contribution >= 0.6 is 22.0 Å². The molecule has 0 spiro atoms. The minimum absolute atomic E-state index is 0.877. The first-order valence-corrected chi connectivity index (χ1v) is 10.4. The van der Waals surface area contributed by atoms with Crippen LogP contribution < -0.4 is 15.9 Å². The molecule has 110 valence electrons. The van der Waals surface area contributed by atoms with Gasteiger partial charge in [0.15, 0.2) is 0 Å². The number of rotatable bonds is 3. The Morgan fingerprint density at radius 1 is 0.476 bits per heavy atom. The number of hydrogen-bond donors (Lipinski definition) is 0. The molecule has 0 aromatic heterocycles. The Kier molecular flexibility index (Phi) is 7.19. The van der Waals surface area contributed by atoms with Crippen molar-refractivity contribution in [3.8, 4) is 0 Å². The summed E-state index contributed by atoms with van der Waals surface area (Å²) in [4.78, 5) is 0. The maximum atomic E-state index is 4.00. The third kappa shape index (κ3) is 4.53. The first-order chi connectivity index (χ1) is 10.4. The monoisotopic (exact) mass is 405 g/mol. The van der Waals surface area contributed by atoms with Gasteiger partial charge in [0.2, 0.25) is 0 Å². The Bertz CT molecular complexity index is 535. The molecule has 0 radical (unpaired) electrons. The zero-order valence-electron chi connectivity index (χ0n) is 11.3. The summed E-state index contributed by atoms with van der Waals surface area (Å²) >= 11 is 6.50. The molecule has 0 nitrogen and oxygen atoms in total. The van der Waals surface area contributed by atoms with Crippen LogP contribution in [0.5, 0.6) is 0 Å². The Labute approximate surface area is 142 Å². The Morgan fingerprint density at radius 2 is 0.714 bits per heavy atom.